The van der Waals surface area contributed by atoms with Gasteiger partial charge in [0.1, 0.15) is 5.75 Å². The number of ether oxygens (including phenoxy) is 3. The molecule has 3 aromatic carbocycles. The van der Waals surface area contributed by atoms with Gasteiger partial charge in [0.2, 0.25) is 5.88 Å². The lowest BCUT2D eigenvalue weighted by Gasteiger charge is -2.29. The van der Waals surface area contributed by atoms with Crippen molar-refractivity contribution in [1.29, 1.82) is 0 Å². The average Bonchev–Trinajstić information content (AvgIpc) is 3.18. The fraction of sp³-hybridized carbons (Fsp3) is 0.269. The third-order valence-corrected chi connectivity index (χ3v) is 6.00. The maximum atomic E-state index is 11.3. The zero-order valence-electron chi connectivity index (χ0n) is 18.3. The summed E-state index contributed by atoms with van der Waals surface area (Å²) in [5.41, 5.74) is 2.77. The lowest BCUT2D eigenvalue weighted by molar-refractivity contribution is 0.123. The number of hydrogen-bond donors (Lipinski definition) is 2. The van der Waals surface area contributed by atoms with Crippen LogP contribution in [-0.4, -0.2) is 49.2 Å². The summed E-state index contributed by atoms with van der Waals surface area (Å²) in [6, 6.07) is 20.2. The third-order valence-electron chi connectivity index (χ3n) is 6.00. The molecule has 0 amide bonds. The summed E-state index contributed by atoms with van der Waals surface area (Å²) in [6.07, 6.45) is 0.0103. The number of para-hydroxylation sites is 1. The molecule has 0 unspecified atom stereocenters. The molecule has 7 heteroatoms. The molecule has 0 radical (unpaired) electrons. The van der Waals surface area contributed by atoms with Crippen LogP contribution in [0.1, 0.15) is 12.0 Å². The molecule has 33 heavy (non-hydrogen) atoms. The van der Waals surface area contributed by atoms with Crippen molar-refractivity contribution >= 4 is 33.5 Å². The quantitative estimate of drug-likeness (QED) is 0.299. The minimum Gasteiger partial charge on any atom is -0.493 e. The van der Waals surface area contributed by atoms with E-state index in [0.29, 0.717) is 32.7 Å². The lowest BCUT2D eigenvalue weighted by atomic mass is 10.1. The van der Waals surface area contributed by atoms with Gasteiger partial charge in [-0.25, -0.2) is 4.79 Å². The second-order valence-corrected chi connectivity index (χ2v) is 8.03. The highest BCUT2D eigenvalue weighted by Gasteiger charge is 2.20. The minimum atomic E-state index is -1.33. The van der Waals surface area contributed by atoms with E-state index >= 15 is 0 Å². The monoisotopic (exact) mass is 446 g/mol. The van der Waals surface area contributed by atoms with Crippen molar-refractivity contribution < 1.29 is 24.1 Å². The molecule has 2 heterocycles. The van der Waals surface area contributed by atoms with Crippen molar-refractivity contribution in [2.75, 3.05) is 37.8 Å². The molecule has 1 saturated heterocycles. The van der Waals surface area contributed by atoms with E-state index in [1.165, 1.54) is 0 Å². The normalized spacial score (nSPS) is 14.0. The molecule has 170 valence electrons. The fourth-order valence-corrected chi connectivity index (χ4v) is 4.48. The Hall–Kier alpha value is -3.71. The van der Waals surface area contributed by atoms with E-state index in [0.717, 1.165) is 51.8 Å². The topological polar surface area (TPSA) is 84.0 Å². The Morgan fingerprint density at radius 2 is 1.76 bits per heavy atom. The van der Waals surface area contributed by atoms with Gasteiger partial charge in [0.05, 0.1) is 31.0 Å². The number of H-pyrrole nitrogens is 1. The number of benzene rings is 3. The predicted molar refractivity (Wildman–Crippen MR) is 128 cm³/mol. The van der Waals surface area contributed by atoms with Gasteiger partial charge in [-0.15, -0.1) is 0 Å². The Labute approximate surface area is 191 Å². The van der Waals surface area contributed by atoms with Crippen molar-refractivity contribution in [1.82, 2.24) is 4.98 Å². The number of carbonyl (C=O) groups is 1. The van der Waals surface area contributed by atoms with Crippen LogP contribution < -0.4 is 14.4 Å². The molecular formula is C26H26N2O5. The Kier molecular flexibility index (Phi) is 6.04. The average molecular weight is 447 g/mol. The number of hydrogen-bond acceptors (Lipinski definition) is 5. The van der Waals surface area contributed by atoms with Crippen LogP contribution in [0.5, 0.6) is 11.6 Å². The van der Waals surface area contributed by atoms with Crippen LogP contribution in [-0.2, 0) is 11.2 Å². The van der Waals surface area contributed by atoms with Gasteiger partial charge in [0.25, 0.3) is 0 Å². The van der Waals surface area contributed by atoms with E-state index in [1.807, 2.05) is 42.5 Å². The van der Waals surface area contributed by atoms with E-state index in [1.54, 1.807) is 0 Å². The van der Waals surface area contributed by atoms with Gasteiger partial charge >= 0.3 is 6.16 Å². The van der Waals surface area contributed by atoms with Gasteiger partial charge < -0.3 is 29.2 Å². The maximum Gasteiger partial charge on any atom is 0.512 e. The Morgan fingerprint density at radius 3 is 2.61 bits per heavy atom. The highest BCUT2D eigenvalue weighted by Crippen LogP contribution is 2.35. The Morgan fingerprint density at radius 1 is 1.00 bits per heavy atom. The minimum absolute atomic E-state index is 0.281. The zero-order chi connectivity index (χ0) is 22.6. The van der Waals surface area contributed by atoms with Crippen molar-refractivity contribution in [2.45, 2.75) is 12.8 Å². The molecule has 1 aliphatic rings. The SMILES string of the molecule is O=C(O)Oc1[nH]c2c(N3CCOCC3)cccc2c1CCCOc1cccc2ccccc12. The molecule has 1 aliphatic heterocycles. The van der Waals surface area contributed by atoms with Crippen LogP contribution in [0.15, 0.2) is 60.7 Å². The van der Waals surface area contributed by atoms with E-state index in [-0.39, 0.29) is 5.88 Å². The second kappa shape index (κ2) is 9.42. The number of aryl methyl sites for hydroxylation is 1. The van der Waals surface area contributed by atoms with E-state index in [2.05, 4.69) is 28.1 Å². The van der Waals surface area contributed by atoms with Gasteiger partial charge in [-0.1, -0.05) is 48.5 Å². The Balaban J connectivity index is 1.36. The summed E-state index contributed by atoms with van der Waals surface area (Å²) >= 11 is 0. The van der Waals surface area contributed by atoms with Gasteiger partial charge in [0, 0.05) is 29.4 Å². The maximum absolute atomic E-state index is 11.3. The summed E-state index contributed by atoms with van der Waals surface area (Å²) in [5, 5.41) is 12.5. The molecular weight excluding hydrogens is 420 g/mol. The number of nitrogens with one attached hydrogen (secondary N) is 1. The molecule has 5 rings (SSSR count). The number of rotatable bonds is 7. The molecule has 1 fully saturated rings. The third kappa shape index (κ3) is 4.45. The molecule has 0 bridgehead atoms. The lowest BCUT2D eigenvalue weighted by Crippen LogP contribution is -2.36. The first-order valence-electron chi connectivity index (χ1n) is 11.2. The zero-order valence-corrected chi connectivity index (χ0v) is 18.3. The first-order chi connectivity index (χ1) is 16.2. The van der Waals surface area contributed by atoms with E-state index < -0.39 is 6.16 Å². The van der Waals surface area contributed by atoms with E-state index in [4.69, 9.17) is 14.2 Å². The molecule has 7 nitrogen and oxygen atoms in total. The summed E-state index contributed by atoms with van der Waals surface area (Å²) < 4.78 is 16.7. The largest absolute Gasteiger partial charge is 0.512 e. The molecule has 2 N–H and O–H groups in total. The summed E-state index contributed by atoms with van der Waals surface area (Å²) in [7, 11) is 0. The number of aromatic nitrogens is 1. The smallest absolute Gasteiger partial charge is 0.493 e. The van der Waals surface area contributed by atoms with Crippen LogP contribution in [0.3, 0.4) is 0 Å². The first kappa shape index (κ1) is 21.2. The highest BCUT2D eigenvalue weighted by molar-refractivity contribution is 5.96. The van der Waals surface area contributed by atoms with Gasteiger partial charge in [-0.2, -0.15) is 0 Å². The molecule has 4 aromatic rings. The number of carboxylic acid groups (broad SMARTS) is 1. The molecule has 0 saturated carbocycles. The van der Waals surface area contributed by atoms with Crippen LogP contribution in [0.4, 0.5) is 10.5 Å². The number of fused-ring (bicyclic) bond motifs is 2. The Bertz CT molecular complexity index is 1270. The van der Waals surface area contributed by atoms with Gasteiger partial charge in [0.15, 0.2) is 0 Å². The molecule has 0 atom stereocenters. The first-order valence-corrected chi connectivity index (χ1v) is 11.2. The van der Waals surface area contributed by atoms with Gasteiger partial charge in [-0.05, 0) is 30.4 Å². The highest BCUT2D eigenvalue weighted by atomic mass is 16.7. The van der Waals surface area contributed by atoms with Crippen molar-refractivity contribution in [2.24, 2.45) is 0 Å². The molecule has 0 aliphatic carbocycles. The standard InChI is InChI=1S/C26H26N2O5/c29-26(30)33-25-21(10-5-15-32-23-12-3-7-18-6-1-2-8-19(18)23)20-9-4-11-22(24(20)27-25)28-13-16-31-17-14-28/h1-4,6-9,11-12,27H,5,10,13-17H2,(H,29,30). The fourth-order valence-electron chi connectivity index (χ4n) is 4.48. The summed E-state index contributed by atoms with van der Waals surface area (Å²) in [4.78, 5) is 16.8. The van der Waals surface area contributed by atoms with Crippen LogP contribution in [0.25, 0.3) is 21.7 Å². The second-order valence-electron chi connectivity index (χ2n) is 8.03. The number of anilines is 1. The van der Waals surface area contributed by atoms with Crippen LogP contribution >= 0.6 is 0 Å². The van der Waals surface area contributed by atoms with E-state index in [9.17, 15) is 9.90 Å². The number of morpholine rings is 1. The van der Waals surface area contributed by atoms with Crippen molar-refractivity contribution in [3.05, 3.63) is 66.2 Å². The number of aromatic amines is 1. The van der Waals surface area contributed by atoms with Crippen molar-refractivity contribution in [3.8, 4) is 11.6 Å². The number of nitrogens with zero attached hydrogens (tertiary/aromatic N) is 1. The molecule has 0 spiro atoms. The van der Waals surface area contributed by atoms with Crippen LogP contribution in [0, 0.1) is 0 Å². The van der Waals surface area contributed by atoms with Crippen molar-refractivity contribution in [3.63, 3.8) is 0 Å². The summed E-state index contributed by atoms with van der Waals surface area (Å²) in [5.74, 6) is 1.13. The molecule has 1 aromatic heterocycles. The van der Waals surface area contributed by atoms with Crippen LogP contribution in [0.2, 0.25) is 0 Å². The summed E-state index contributed by atoms with van der Waals surface area (Å²) in [6.45, 7) is 3.45. The van der Waals surface area contributed by atoms with Gasteiger partial charge in [-0.3, -0.25) is 0 Å². The predicted octanol–water partition coefficient (Wildman–Crippen LogP) is 5.23.